The van der Waals surface area contributed by atoms with Crippen molar-refractivity contribution in [2.24, 2.45) is 0 Å². The van der Waals surface area contributed by atoms with Gasteiger partial charge in [-0.3, -0.25) is 9.88 Å². The van der Waals surface area contributed by atoms with Crippen molar-refractivity contribution < 1.29 is 4.79 Å². The monoisotopic (exact) mass is 328 g/mol. The number of hydrogen-bond donors (Lipinski definition) is 1. The Bertz CT molecular complexity index is 824. The van der Waals surface area contributed by atoms with E-state index in [1.165, 1.54) is 22.2 Å². The van der Waals surface area contributed by atoms with Crippen LogP contribution in [0.2, 0.25) is 0 Å². The summed E-state index contributed by atoms with van der Waals surface area (Å²) in [7, 11) is 0. The zero-order valence-corrected chi connectivity index (χ0v) is 13.8. The second-order valence-corrected chi connectivity index (χ2v) is 6.29. The third-order valence-electron chi connectivity index (χ3n) is 3.17. The van der Waals surface area contributed by atoms with Crippen LogP contribution in [0.4, 0.5) is 9.93 Å². The Morgan fingerprint density at radius 3 is 2.83 bits per heavy atom. The molecular formula is C15H16N6OS. The molecule has 0 unspecified atom stereocenters. The summed E-state index contributed by atoms with van der Waals surface area (Å²) in [6.07, 6.45) is 6.32. The molecule has 0 saturated heterocycles. The number of nitrogens with zero attached hydrogens (tertiary/aromatic N) is 5. The molecule has 0 bridgehead atoms. The number of anilines is 1. The van der Waals surface area contributed by atoms with E-state index in [9.17, 15) is 4.79 Å². The number of hydrogen-bond acceptors (Lipinski definition) is 6. The molecule has 8 heteroatoms. The van der Waals surface area contributed by atoms with Crippen LogP contribution < -0.4 is 5.32 Å². The second kappa shape index (κ2) is 6.25. The molecule has 0 aliphatic carbocycles. The fourth-order valence-electron chi connectivity index (χ4n) is 2.00. The first kappa shape index (κ1) is 15.3. The third kappa shape index (κ3) is 3.26. The highest BCUT2D eigenvalue weighted by Crippen LogP contribution is 2.31. The maximum absolute atomic E-state index is 12.0. The van der Waals surface area contributed by atoms with Gasteiger partial charge < -0.3 is 0 Å². The predicted octanol–water partition coefficient (Wildman–Crippen LogP) is 3.31. The number of amides is 1. The second-order valence-electron chi connectivity index (χ2n) is 5.29. The van der Waals surface area contributed by atoms with E-state index in [0.717, 1.165) is 22.1 Å². The Morgan fingerprint density at radius 1 is 1.30 bits per heavy atom. The van der Waals surface area contributed by atoms with E-state index in [-0.39, 0.29) is 11.9 Å². The number of thiazole rings is 1. The molecule has 0 radical (unpaired) electrons. The van der Waals surface area contributed by atoms with E-state index < -0.39 is 0 Å². The fraction of sp³-hybridized carbons (Fsp3) is 0.267. The lowest BCUT2D eigenvalue weighted by Gasteiger charge is -2.04. The first-order valence-electron chi connectivity index (χ1n) is 7.14. The van der Waals surface area contributed by atoms with Gasteiger partial charge in [0.15, 0.2) is 5.13 Å². The molecule has 1 N–H and O–H groups in total. The summed E-state index contributed by atoms with van der Waals surface area (Å²) in [5.41, 5.74) is 1.64. The van der Waals surface area contributed by atoms with Gasteiger partial charge in [0.2, 0.25) is 0 Å². The topological polar surface area (TPSA) is 85.6 Å². The number of imidazole rings is 1. The normalized spacial score (nSPS) is 11.0. The Morgan fingerprint density at radius 2 is 2.13 bits per heavy atom. The van der Waals surface area contributed by atoms with E-state index in [0.29, 0.717) is 5.13 Å². The van der Waals surface area contributed by atoms with Crippen molar-refractivity contribution in [3.8, 4) is 10.6 Å². The first-order valence-corrected chi connectivity index (χ1v) is 7.96. The Hall–Kier alpha value is -2.61. The smallest absolute Gasteiger partial charge is 0.283 e. The van der Waals surface area contributed by atoms with Crippen molar-refractivity contribution in [1.29, 1.82) is 0 Å². The number of aryl methyl sites for hydroxylation is 1. The van der Waals surface area contributed by atoms with E-state index in [2.05, 4.69) is 39.1 Å². The minimum Gasteiger partial charge on any atom is -0.283 e. The van der Waals surface area contributed by atoms with Crippen molar-refractivity contribution >= 4 is 22.5 Å². The van der Waals surface area contributed by atoms with Crippen LogP contribution in [0.3, 0.4) is 0 Å². The zero-order valence-electron chi connectivity index (χ0n) is 13.0. The fourth-order valence-corrected chi connectivity index (χ4v) is 2.93. The van der Waals surface area contributed by atoms with Crippen LogP contribution in [-0.2, 0) is 0 Å². The number of nitrogens with one attached hydrogen (secondary N) is 1. The molecule has 3 rings (SSSR count). The maximum Gasteiger partial charge on any atom is 0.333 e. The van der Waals surface area contributed by atoms with E-state index in [4.69, 9.17) is 0 Å². The van der Waals surface area contributed by atoms with Gasteiger partial charge in [0.1, 0.15) is 12.2 Å². The Kier molecular flexibility index (Phi) is 4.16. The molecule has 3 aromatic heterocycles. The van der Waals surface area contributed by atoms with Crippen LogP contribution in [0, 0.1) is 6.92 Å². The van der Waals surface area contributed by atoms with Gasteiger partial charge in [-0.2, -0.15) is 0 Å². The highest BCUT2D eigenvalue weighted by molar-refractivity contribution is 7.19. The summed E-state index contributed by atoms with van der Waals surface area (Å²) in [5, 5.41) is 3.29. The minimum atomic E-state index is -0.298. The van der Waals surface area contributed by atoms with Crippen LogP contribution >= 0.6 is 11.3 Å². The molecule has 0 aliphatic rings. The van der Waals surface area contributed by atoms with Crippen LogP contribution in [-0.4, -0.2) is 30.5 Å². The van der Waals surface area contributed by atoms with Crippen molar-refractivity contribution in [3.05, 3.63) is 42.5 Å². The van der Waals surface area contributed by atoms with Gasteiger partial charge in [-0.25, -0.2) is 24.7 Å². The highest BCUT2D eigenvalue weighted by atomic mass is 32.1. The van der Waals surface area contributed by atoms with Crippen molar-refractivity contribution in [2.75, 3.05) is 5.32 Å². The van der Waals surface area contributed by atoms with Gasteiger partial charge in [0.25, 0.3) is 0 Å². The quantitative estimate of drug-likeness (QED) is 0.797. The maximum atomic E-state index is 12.0. The predicted molar refractivity (Wildman–Crippen MR) is 88.6 cm³/mol. The van der Waals surface area contributed by atoms with Crippen molar-refractivity contribution in [3.63, 3.8) is 0 Å². The van der Waals surface area contributed by atoms with Gasteiger partial charge in [0.05, 0.1) is 16.3 Å². The molecule has 0 aromatic carbocycles. The Balaban J connectivity index is 1.86. The summed E-state index contributed by atoms with van der Waals surface area (Å²) in [6, 6.07) is 1.56. The van der Waals surface area contributed by atoms with Crippen LogP contribution in [0.25, 0.3) is 10.6 Å². The molecule has 0 aliphatic heterocycles. The van der Waals surface area contributed by atoms with E-state index in [1.54, 1.807) is 18.6 Å². The molecule has 0 saturated carbocycles. The van der Waals surface area contributed by atoms with Gasteiger partial charge in [-0.15, -0.1) is 0 Å². The minimum absolute atomic E-state index is 0.253. The summed E-state index contributed by atoms with van der Waals surface area (Å²) in [4.78, 5) is 30.1. The van der Waals surface area contributed by atoms with Crippen molar-refractivity contribution in [1.82, 2.24) is 24.5 Å². The molecule has 3 aromatic rings. The van der Waals surface area contributed by atoms with Crippen LogP contribution in [0.5, 0.6) is 0 Å². The summed E-state index contributed by atoms with van der Waals surface area (Å²) < 4.78 is 1.36. The standard InChI is InChI=1S/C15H16N6OS/c1-9(2)13-17-5-4-11(19-13)12-10(3)18-14(23-12)20-15(22)21-7-6-16-8-21/h4-9H,1-3H3,(H,18,20,22). The average Bonchev–Trinajstić information content (AvgIpc) is 3.17. The number of rotatable bonds is 3. The lowest BCUT2D eigenvalue weighted by atomic mass is 10.2. The summed E-state index contributed by atoms with van der Waals surface area (Å²) in [5.74, 6) is 1.04. The average molecular weight is 328 g/mol. The largest absolute Gasteiger partial charge is 0.333 e. The number of aromatic nitrogens is 5. The summed E-state index contributed by atoms with van der Waals surface area (Å²) in [6.45, 7) is 6.00. The highest BCUT2D eigenvalue weighted by Gasteiger charge is 2.15. The van der Waals surface area contributed by atoms with Crippen molar-refractivity contribution in [2.45, 2.75) is 26.7 Å². The van der Waals surface area contributed by atoms with E-state index >= 15 is 0 Å². The first-order chi connectivity index (χ1) is 11.0. The lowest BCUT2D eigenvalue weighted by Crippen LogP contribution is -2.17. The van der Waals surface area contributed by atoms with Gasteiger partial charge in [-0.05, 0) is 13.0 Å². The Labute approximate surface area is 137 Å². The van der Waals surface area contributed by atoms with Crippen LogP contribution in [0.1, 0.15) is 31.3 Å². The molecule has 1 amide bonds. The van der Waals surface area contributed by atoms with Gasteiger partial charge >= 0.3 is 6.03 Å². The molecule has 7 nitrogen and oxygen atoms in total. The van der Waals surface area contributed by atoms with E-state index in [1.807, 2.05) is 13.0 Å². The summed E-state index contributed by atoms with van der Waals surface area (Å²) >= 11 is 1.39. The van der Waals surface area contributed by atoms with Gasteiger partial charge in [-0.1, -0.05) is 25.2 Å². The zero-order chi connectivity index (χ0) is 16.4. The SMILES string of the molecule is Cc1nc(NC(=O)n2ccnc2)sc1-c1ccnc(C(C)C)n1. The lowest BCUT2D eigenvalue weighted by molar-refractivity contribution is 0.253. The molecule has 0 spiro atoms. The van der Waals surface area contributed by atoms with Gasteiger partial charge in [0, 0.05) is 24.5 Å². The number of carbonyl (C=O) groups excluding carboxylic acids is 1. The third-order valence-corrected chi connectivity index (χ3v) is 4.27. The molecule has 3 heterocycles. The number of carbonyl (C=O) groups is 1. The van der Waals surface area contributed by atoms with Crippen LogP contribution in [0.15, 0.2) is 31.0 Å². The molecule has 0 atom stereocenters. The molecule has 23 heavy (non-hydrogen) atoms. The molecular weight excluding hydrogens is 312 g/mol. The molecule has 118 valence electrons. The molecule has 0 fully saturated rings.